The van der Waals surface area contributed by atoms with Crippen LogP contribution in [0.2, 0.25) is 0 Å². The molecular weight excluding hydrogens is 360 g/mol. The summed E-state index contributed by atoms with van der Waals surface area (Å²) in [5, 5.41) is 3.02. The fourth-order valence-corrected chi connectivity index (χ4v) is 2.95. The van der Waals surface area contributed by atoms with Crippen molar-refractivity contribution >= 4 is 11.9 Å². The Morgan fingerprint density at radius 3 is 2.54 bits per heavy atom. The first kappa shape index (κ1) is 21.5. The molecule has 7 nitrogen and oxygen atoms in total. The van der Waals surface area contributed by atoms with Crippen LogP contribution in [0.4, 0.5) is 0 Å². The Labute approximate surface area is 165 Å². The summed E-state index contributed by atoms with van der Waals surface area (Å²) in [6.07, 6.45) is 0. The number of para-hydroxylation sites is 1. The minimum Gasteiger partial charge on any atom is -0.496 e. The lowest BCUT2D eigenvalue weighted by atomic mass is 10.1. The minimum absolute atomic E-state index is 0.114. The van der Waals surface area contributed by atoms with Crippen molar-refractivity contribution < 1.29 is 23.5 Å². The number of methoxy groups -OCH3 is 2. The van der Waals surface area contributed by atoms with Gasteiger partial charge in [0.15, 0.2) is 0 Å². The average Bonchev–Trinajstić information content (AvgIpc) is 3.06. The van der Waals surface area contributed by atoms with E-state index in [2.05, 4.69) is 5.32 Å². The summed E-state index contributed by atoms with van der Waals surface area (Å²) in [6.45, 7) is 5.83. The third-order valence-corrected chi connectivity index (χ3v) is 4.78. The summed E-state index contributed by atoms with van der Waals surface area (Å²) < 4.78 is 15.7. The van der Waals surface area contributed by atoms with E-state index in [1.54, 1.807) is 20.1 Å². The van der Waals surface area contributed by atoms with E-state index in [0.717, 1.165) is 11.3 Å². The molecule has 0 fully saturated rings. The molecule has 0 spiro atoms. The molecule has 152 valence electrons. The van der Waals surface area contributed by atoms with Gasteiger partial charge < -0.3 is 19.2 Å². The monoisotopic (exact) mass is 388 g/mol. The van der Waals surface area contributed by atoms with Crippen LogP contribution in [0.5, 0.6) is 5.75 Å². The molecule has 0 aliphatic rings. The highest BCUT2D eigenvalue weighted by molar-refractivity contribution is 5.90. The lowest BCUT2D eigenvalue weighted by Gasteiger charge is -2.25. The normalized spacial score (nSPS) is 13.1. The van der Waals surface area contributed by atoms with Gasteiger partial charge in [0, 0.05) is 5.56 Å². The van der Waals surface area contributed by atoms with Gasteiger partial charge >= 0.3 is 5.97 Å². The first-order valence-corrected chi connectivity index (χ1v) is 9.09. The van der Waals surface area contributed by atoms with E-state index in [-0.39, 0.29) is 11.9 Å². The summed E-state index contributed by atoms with van der Waals surface area (Å²) in [4.78, 5) is 26.3. The summed E-state index contributed by atoms with van der Waals surface area (Å²) in [7, 11) is 4.77. The van der Waals surface area contributed by atoms with Gasteiger partial charge in [-0.1, -0.05) is 18.2 Å². The molecule has 1 N–H and O–H groups in total. The van der Waals surface area contributed by atoms with Crippen molar-refractivity contribution in [3.8, 4) is 5.75 Å². The van der Waals surface area contributed by atoms with Gasteiger partial charge in [-0.05, 0) is 40.0 Å². The van der Waals surface area contributed by atoms with E-state index in [9.17, 15) is 9.59 Å². The van der Waals surface area contributed by atoms with Gasteiger partial charge in [0.2, 0.25) is 5.91 Å². The number of hydrogen-bond donors (Lipinski definition) is 1. The second kappa shape index (κ2) is 9.41. The molecule has 1 heterocycles. The smallest absolute Gasteiger partial charge is 0.341 e. The number of carbonyl (C=O) groups excluding carboxylic acids is 2. The number of hydrogen-bond acceptors (Lipinski definition) is 6. The largest absolute Gasteiger partial charge is 0.496 e. The second-order valence-corrected chi connectivity index (χ2v) is 6.74. The van der Waals surface area contributed by atoms with Crippen molar-refractivity contribution in [1.29, 1.82) is 0 Å². The van der Waals surface area contributed by atoms with Crippen LogP contribution in [0.3, 0.4) is 0 Å². The first-order chi connectivity index (χ1) is 13.3. The molecule has 2 unspecified atom stereocenters. The molecule has 0 bridgehead atoms. The molecule has 1 aromatic heterocycles. The zero-order valence-electron chi connectivity index (χ0n) is 17.2. The maximum atomic E-state index is 12.7. The Bertz CT molecular complexity index is 830. The first-order valence-electron chi connectivity index (χ1n) is 9.09. The van der Waals surface area contributed by atoms with Gasteiger partial charge in [0.05, 0.1) is 32.8 Å². The molecule has 28 heavy (non-hydrogen) atoms. The number of carbonyl (C=O) groups is 2. The summed E-state index contributed by atoms with van der Waals surface area (Å²) in [6, 6.07) is 8.65. The van der Waals surface area contributed by atoms with Gasteiger partial charge in [-0.3, -0.25) is 9.69 Å². The van der Waals surface area contributed by atoms with Gasteiger partial charge in [-0.25, -0.2) is 4.79 Å². The van der Waals surface area contributed by atoms with Gasteiger partial charge in [0.25, 0.3) is 0 Å². The third-order valence-electron chi connectivity index (χ3n) is 4.78. The second-order valence-electron chi connectivity index (χ2n) is 6.74. The lowest BCUT2D eigenvalue weighted by molar-refractivity contribution is -0.126. The number of amides is 1. The summed E-state index contributed by atoms with van der Waals surface area (Å²) in [5.41, 5.74) is 1.31. The molecule has 2 atom stereocenters. The highest BCUT2D eigenvalue weighted by Gasteiger charge is 2.23. The molecule has 0 aliphatic heterocycles. The number of aryl methyl sites for hydroxylation is 1. The lowest BCUT2D eigenvalue weighted by Crippen LogP contribution is -2.43. The van der Waals surface area contributed by atoms with Crippen molar-refractivity contribution in [2.45, 2.75) is 39.4 Å². The Kier molecular flexibility index (Phi) is 7.23. The number of nitrogens with one attached hydrogen (secondary N) is 1. The Morgan fingerprint density at radius 1 is 1.21 bits per heavy atom. The molecule has 2 aromatic rings. The highest BCUT2D eigenvalue weighted by atomic mass is 16.5. The number of benzene rings is 1. The molecule has 0 saturated carbocycles. The predicted octanol–water partition coefficient (Wildman–Crippen LogP) is 3.08. The maximum Gasteiger partial charge on any atom is 0.341 e. The van der Waals surface area contributed by atoms with Crippen LogP contribution < -0.4 is 10.1 Å². The quantitative estimate of drug-likeness (QED) is 0.700. The van der Waals surface area contributed by atoms with Gasteiger partial charge in [-0.2, -0.15) is 0 Å². The zero-order chi connectivity index (χ0) is 20.8. The van der Waals surface area contributed by atoms with E-state index in [1.807, 2.05) is 50.1 Å². The van der Waals surface area contributed by atoms with Gasteiger partial charge in [-0.15, -0.1) is 0 Å². The molecular formula is C21H28N2O5. The Hall–Kier alpha value is -2.80. The van der Waals surface area contributed by atoms with Crippen LogP contribution in [0.25, 0.3) is 0 Å². The average molecular weight is 388 g/mol. The van der Waals surface area contributed by atoms with Crippen molar-refractivity contribution in [2.75, 3.05) is 21.3 Å². The standard InChI is InChI=1S/C21H28N2O5/c1-13(17-9-7-8-10-19(17)26-5)22-20(24)14(2)23(4)12-16-11-18(15(3)28-16)21(25)27-6/h7-11,13-14H,12H2,1-6H3,(H,22,24). The van der Waals surface area contributed by atoms with E-state index >= 15 is 0 Å². The topological polar surface area (TPSA) is 81.0 Å². The molecule has 2 rings (SSSR count). The fraction of sp³-hybridized carbons (Fsp3) is 0.429. The highest BCUT2D eigenvalue weighted by Crippen LogP contribution is 2.24. The Balaban J connectivity index is 2.01. The van der Waals surface area contributed by atoms with E-state index in [1.165, 1.54) is 7.11 Å². The van der Waals surface area contributed by atoms with Crippen LogP contribution in [0.1, 0.15) is 47.3 Å². The molecule has 7 heteroatoms. The summed E-state index contributed by atoms with van der Waals surface area (Å²) >= 11 is 0. The molecule has 1 aromatic carbocycles. The van der Waals surface area contributed by atoms with Crippen LogP contribution in [0, 0.1) is 6.92 Å². The SMILES string of the molecule is COC(=O)c1cc(CN(C)C(C)C(=O)NC(C)c2ccccc2OC)oc1C. The molecule has 0 radical (unpaired) electrons. The third kappa shape index (κ3) is 4.92. The van der Waals surface area contributed by atoms with Crippen LogP contribution in [-0.2, 0) is 16.1 Å². The Morgan fingerprint density at radius 2 is 1.89 bits per heavy atom. The maximum absolute atomic E-state index is 12.7. The van der Waals surface area contributed by atoms with Crippen molar-refractivity contribution in [3.63, 3.8) is 0 Å². The number of likely N-dealkylation sites (N-methyl/N-ethyl adjacent to an activating group) is 1. The van der Waals surface area contributed by atoms with E-state index in [4.69, 9.17) is 13.9 Å². The van der Waals surface area contributed by atoms with Crippen LogP contribution >= 0.6 is 0 Å². The van der Waals surface area contributed by atoms with Crippen LogP contribution in [0.15, 0.2) is 34.7 Å². The van der Waals surface area contributed by atoms with Crippen molar-refractivity contribution in [1.82, 2.24) is 10.2 Å². The number of esters is 1. The number of nitrogens with zero attached hydrogens (tertiary/aromatic N) is 1. The number of furan rings is 1. The predicted molar refractivity (Wildman–Crippen MR) is 105 cm³/mol. The van der Waals surface area contributed by atoms with E-state index in [0.29, 0.717) is 23.6 Å². The van der Waals surface area contributed by atoms with Crippen molar-refractivity contribution in [3.05, 3.63) is 53.0 Å². The van der Waals surface area contributed by atoms with E-state index < -0.39 is 12.0 Å². The van der Waals surface area contributed by atoms with Crippen LogP contribution in [-0.4, -0.2) is 44.1 Å². The van der Waals surface area contributed by atoms with Crippen molar-refractivity contribution in [2.24, 2.45) is 0 Å². The number of ether oxygens (including phenoxy) is 2. The number of rotatable bonds is 8. The fourth-order valence-electron chi connectivity index (χ4n) is 2.95. The molecule has 0 saturated heterocycles. The van der Waals surface area contributed by atoms with Gasteiger partial charge in [0.1, 0.15) is 22.8 Å². The molecule has 1 amide bonds. The molecule has 0 aliphatic carbocycles. The zero-order valence-corrected chi connectivity index (χ0v) is 17.2. The summed E-state index contributed by atoms with van der Waals surface area (Å²) in [5.74, 6) is 1.27. The minimum atomic E-state index is -0.438.